The molecule has 0 aromatic heterocycles. The Bertz CT molecular complexity index is 379. The van der Waals surface area contributed by atoms with Gasteiger partial charge in [-0.3, -0.25) is 4.79 Å². The van der Waals surface area contributed by atoms with Crippen molar-refractivity contribution in [2.75, 3.05) is 32.8 Å². The van der Waals surface area contributed by atoms with Crippen molar-refractivity contribution < 1.29 is 14.3 Å². The Morgan fingerprint density at radius 3 is 2.25 bits per heavy atom. The van der Waals surface area contributed by atoms with Crippen LogP contribution in [0.15, 0.2) is 24.3 Å². The van der Waals surface area contributed by atoms with Gasteiger partial charge in [-0.15, -0.1) is 0 Å². The number of ether oxygens (including phenoxy) is 2. The van der Waals surface area contributed by atoms with E-state index in [2.05, 4.69) is 17.6 Å². The van der Waals surface area contributed by atoms with Crippen molar-refractivity contribution in [1.29, 1.82) is 0 Å². The van der Waals surface area contributed by atoms with E-state index in [1.54, 1.807) is 12.1 Å². The quantitative estimate of drug-likeness (QED) is 0.639. The van der Waals surface area contributed by atoms with Crippen LogP contribution in [0.5, 0.6) is 11.5 Å². The summed E-state index contributed by atoms with van der Waals surface area (Å²) in [5, 5.41) is 6.01. The first kappa shape index (κ1) is 16.3. The van der Waals surface area contributed by atoms with Crippen LogP contribution in [-0.4, -0.2) is 38.8 Å². The first-order valence-corrected chi connectivity index (χ1v) is 7.09. The molecule has 1 rings (SSSR count). The summed E-state index contributed by atoms with van der Waals surface area (Å²) >= 11 is 0. The number of carbonyl (C=O) groups is 1. The number of rotatable bonds is 10. The van der Waals surface area contributed by atoms with E-state index in [9.17, 15) is 4.79 Å². The van der Waals surface area contributed by atoms with E-state index in [4.69, 9.17) is 9.47 Å². The Morgan fingerprint density at radius 2 is 1.65 bits per heavy atom. The van der Waals surface area contributed by atoms with Gasteiger partial charge < -0.3 is 20.1 Å². The standard InChI is InChI=1S/C15H24N2O3/c1-3-9-16-10-11-17-15(18)12-20-14-7-5-13(6-8-14)19-4-2/h5-8,16H,3-4,9-12H2,1-2H3,(H,17,18). The number of hydrogen-bond acceptors (Lipinski definition) is 4. The second kappa shape index (κ2) is 10.1. The zero-order chi connectivity index (χ0) is 14.6. The number of benzene rings is 1. The van der Waals surface area contributed by atoms with E-state index >= 15 is 0 Å². The summed E-state index contributed by atoms with van der Waals surface area (Å²) in [5.74, 6) is 1.34. The molecule has 0 fully saturated rings. The normalized spacial score (nSPS) is 10.1. The van der Waals surface area contributed by atoms with Crippen LogP contribution >= 0.6 is 0 Å². The lowest BCUT2D eigenvalue weighted by Crippen LogP contribution is -2.34. The molecule has 0 aliphatic carbocycles. The molecule has 1 aromatic rings. The summed E-state index contributed by atoms with van der Waals surface area (Å²) < 4.78 is 10.7. The fraction of sp³-hybridized carbons (Fsp3) is 0.533. The first-order chi connectivity index (χ1) is 9.76. The first-order valence-electron chi connectivity index (χ1n) is 7.09. The minimum Gasteiger partial charge on any atom is -0.494 e. The maximum Gasteiger partial charge on any atom is 0.257 e. The van der Waals surface area contributed by atoms with Crippen molar-refractivity contribution in [3.05, 3.63) is 24.3 Å². The van der Waals surface area contributed by atoms with Gasteiger partial charge in [0.25, 0.3) is 5.91 Å². The predicted molar refractivity (Wildman–Crippen MR) is 79.3 cm³/mol. The van der Waals surface area contributed by atoms with Gasteiger partial charge >= 0.3 is 0 Å². The zero-order valence-electron chi connectivity index (χ0n) is 12.3. The minimum atomic E-state index is -0.114. The van der Waals surface area contributed by atoms with E-state index in [0.717, 1.165) is 25.3 Å². The van der Waals surface area contributed by atoms with Crippen molar-refractivity contribution in [1.82, 2.24) is 10.6 Å². The van der Waals surface area contributed by atoms with Crippen LogP contribution in [0.4, 0.5) is 0 Å². The maximum absolute atomic E-state index is 11.5. The summed E-state index contributed by atoms with van der Waals surface area (Å²) in [4.78, 5) is 11.5. The highest BCUT2D eigenvalue weighted by atomic mass is 16.5. The Kier molecular flexibility index (Phi) is 8.22. The summed E-state index contributed by atoms with van der Waals surface area (Å²) in [5.41, 5.74) is 0. The molecule has 0 aliphatic rings. The molecule has 1 aromatic carbocycles. The summed E-state index contributed by atoms with van der Waals surface area (Å²) in [6.07, 6.45) is 1.09. The Labute approximate surface area is 120 Å². The van der Waals surface area contributed by atoms with Crippen molar-refractivity contribution in [3.8, 4) is 11.5 Å². The summed E-state index contributed by atoms with van der Waals surface area (Å²) in [7, 11) is 0. The number of carbonyl (C=O) groups excluding carboxylic acids is 1. The topological polar surface area (TPSA) is 59.6 Å². The van der Waals surface area contributed by atoms with E-state index in [1.807, 2.05) is 19.1 Å². The molecule has 0 bridgehead atoms. The smallest absolute Gasteiger partial charge is 0.257 e. The lowest BCUT2D eigenvalue weighted by Gasteiger charge is -2.09. The number of nitrogens with one attached hydrogen (secondary N) is 2. The molecule has 0 spiro atoms. The molecule has 0 unspecified atom stereocenters. The van der Waals surface area contributed by atoms with Crippen LogP contribution in [0.1, 0.15) is 20.3 Å². The van der Waals surface area contributed by atoms with Gasteiger partial charge in [0.1, 0.15) is 11.5 Å². The Hall–Kier alpha value is -1.75. The van der Waals surface area contributed by atoms with Gasteiger partial charge in [-0.2, -0.15) is 0 Å². The van der Waals surface area contributed by atoms with Gasteiger partial charge in [-0.1, -0.05) is 6.92 Å². The fourth-order valence-electron chi connectivity index (χ4n) is 1.59. The van der Waals surface area contributed by atoms with Crippen LogP contribution in [0.3, 0.4) is 0 Å². The predicted octanol–water partition coefficient (Wildman–Crippen LogP) is 1.58. The van der Waals surface area contributed by atoms with Crippen LogP contribution in [-0.2, 0) is 4.79 Å². The molecule has 0 aliphatic heterocycles. The van der Waals surface area contributed by atoms with E-state index in [-0.39, 0.29) is 12.5 Å². The highest BCUT2D eigenvalue weighted by Crippen LogP contribution is 2.17. The molecule has 5 heteroatoms. The average Bonchev–Trinajstić information content (AvgIpc) is 2.47. The van der Waals surface area contributed by atoms with E-state index < -0.39 is 0 Å². The maximum atomic E-state index is 11.5. The molecule has 0 saturated carbocycles. The molecule has 2 N–H and O–H groups in total. The van der Waals surface area contributed by atoms with Crippen LogP contribution < -0.4 is 20.1 Å². The molecule has 5 nitrogen and oxygen atoms in total. The second-order valence-corrected chi connectivity index (χ2v) is 4.29. The third-order valence-electron chi connectivity index (χ3n) is 2.56. The highest BCUT2D eigenvalue weighted by Gasteiger charge is 2.02. The Balaban J connectivity index is 2.16. The monoisotopic (exact) mass is 280 g/mol. The Morgan fingerprint density at radius 1 is 1.00 bits per heavy atom. The molecule has 0 atom stereocenters. The van der Waals surface area contributed by atoms with Crippen molar-refractivity contribution in [2.45, 2.75) is 20.3 Å². The largest absolute Gasteiger partial charge is 0.494 e. The van der Waals surface area contributed by atoms with Gasteiger partial charge in [0.15, 0.2) is 6.61 Å². The van der Waals surface area contributed by atoms with Gasteiger partial charge in [0, 0.05) is 13.1 Å². The third kappa shape index (κ3) is 6.99. The van der Waals surface area contributed by atoms with Crippen LogP contribution in [0.2, 0.25) is 0 Å². The molecular weight excluding hydrogens is 256 g/mol. The molecule has 0 radical (unpaired) electrons. The van der Waals surface area contributed by atoms with E-state index in [0.29, 0.717) is 18.9 Å². The lowest BCUT2D eigenvalue weighted by atomic mass is 10.3. The van der Waals surface area contributed by atoms with Gasteiger partial charge in [0.2, 0.25) is 0 Å². The summed E-state index contributed by atoms with van der Waals surface area (Å²) in [6.45, 7) is 7.07. The second-order valence-electron chi connectivity index (χ2n) is 4.29. The molecule has 1 amide bonds. The molecular formula is C15H24N2O3. The fourth-order valence-corrected chi connectivity index (χ4v) is 1.59. The molecule has 0 heterocycles. The zero-order valence-corrected chi connectivity index (χ0v) is 12.3. The van der Waals surface area contributed by atoms with Gasteiger partial charge in [-0.25, -0.2) is 0 Å². The lowest BCUT2D eigenvalue weighted by molar-refractivity contribution is -0.123. The van der Waals surface area contributed by atoms with Crippen LogP contribution in [0, 0.1) is 0 Å². The SMILES string of the molecule is CCCNCCNC(=O)COc1ccc(OCC)cc1. The number of hydrogen-bond donors (Lipinski definition) is 2. The van der Waals surface area contributed by atoms with Gasteiger partial charge in [0.05, 0.1) is 6.61 Å². The average molecular weight is 280 g/mol. The van der Waals surface area contributed by atoms with Crippen LogP contribution in [0.25, 0.3) is 0 Å². The third-order valence-corrected chi connectivity index (χ3v) is 2.56. The van der Waals surface area contributed by atoms with E-state index in [1.165, 1.54) is 0 Å². The minimum absolute atomic E-state index is 0.0295. The number of amides is 1. The highest BCUT2D eigenvalue weighted by molar-refractivity contribution is 5.77. The van der Waals surface area contributed by atoms with Crippen molar-refractivity contribution >= 4 is 5.91 Å². The molecule has 20 heavy (non-hydrogen) atoms. The molecule has 112 valence electrons. The van der Waals surface area contributed by atoms with Gasteiger partial charge in [-0.05, 0) is 44.2 Å². The van der Waals surface area contributed by atoms with Crippen molar-refractivity contribution in [2.24, 2.45) is 0 Å². The summed E-state index contributed by atoms with van der Waals surface area (Å²) in [6, 6.07) is 7.24. The van der Waals surface area contributed by atoms with Crippen molar-refractivity contribution in [3.63, 3.8) is 0 Å². The molecule has 0 saturated heterocycles.